The van der Waals surface area contributed by atoms with Crippen LogP contribution in [0.3, 0.4) is 0 Å². The quantitative estimate of drug-likeness (QED) is 0.626. The van der Waals surface area contributed by atoms with Crippen molar-refractivity contribution < 1.29 is 9.47 Å². The van der Waals surface area contributed by atoms with Crippen LogP contribution in [0.15, 0.2) is 54.5 Å². The number of piperidine rings is 1. The summed E-state index contributed by atoms with van der Waals surface area (Å²) in [5.74, 6) is 2.26. The Hall–Kier alpha value is -3.12. The lowest BCUT2D eigenvalue weighted by atomic mass is 9.93. The maximum absolute atomic E-state index is 5.98. The molecule has 1 aromatic carbocycles. The second-order valence-corrected chi connectivity index (χ2v) is 8.44. The Balaban J connectivity index is 1.26. The van der Waals surface area contributed by atoms with E-state index < -0.39 is 0 Å². The maximum Gasteiger partial charge on any atom is 0.127 e. The van der Waals surface area contributed by atoms with E-state index in [4.69, 9.17) is 14.5 Å². The van der Waals surface area contributed by atoms with Gasteiger partial charge in [0.05, 0.1) is 13.3 Å². The Morgan fingerprint density at radius 3 is 2.87 bits per heavy atom. The molecule has 5 rings (SSSR count). The Morgan fingerprint density at radius 1 is 1.16 bits per heavy atom. The molecular formula is C25H28N4O2. The molecule has 1 saturated heterocycles. The van der Waals surface area contributed by atoms with E-state index in [1.807, 2.05) is 48.5 Å². The van der Waals surface area contributed by atoms with Crippen LogP contribution in [-0.4, -0.2) is 53.0 Å². The number of pyridine rings is 1. The van der Waals surface area contributed by atoms with Crippen LogP contribution in [-0.2, 0) is 7.05 Å². The fourth-order valence-corrected chi connectivity index (χ4v) is 4.54. The van der Waals surface area contributed by atoms with Crippen molar-refractivity contribution in [1.29, 1.82) is 0 Å². The van der Waals surface area contributed by atoms with Crippen LogP contribution in [0.4, 0.5) is 0 Å². The molecule has 31 heavy (non-hydrogen) atoms. The molecule has 0 radical (unpaired) electrons. The summed E-state index contributed by atoms with van der Waals surface area (Å²) in [5, 5.41) is 4.25. The number of methoxy groups -OCH3 is 1. The van der Waals surface area contributed by atoms with E-state index in [0.717, 1.165) is 47.8 Å². The molecule has 0 unspecified atom stereocenters. The lowest BCUT2D eigenvalue weighted by Gasteiger charge is -2.33. The van der Waals surface area contributed by atoms with Crippen molar-refractivity contribution in [3.8, 4) is 22.6 Å². The normalized spacial score (nSPS) is 18.8. The van der Waals surface area contributed by atoms with E-state index in [2.05, 4.69) is 28.2 Å². The second kappa shape index (κ2) is 8.55. The van der Waals surface area contributed by atoms with Crippen molar-refractivity contribution in [2.45, 2.75) is 18.8 Å². The monoisotopic (exact) mass is 416 g/mol. The summed E-state index contributed by atoms with van der Waals surface area (Å²) in [5.41, 5.74) is 5.81. The highest BCUT2D eigenvalue weighted by molar-refractivity contribution is 5.64. The van der Waals surface area contributed by atoms with Gasteiger partial charge in [-0.15, -0.1) is 0 Å². The first kappa shape index (κ1) is 19.8. The third-order valence-electron chi connectivity index (χ3n) is 6.16. The first-order chi connectivity index (χ1) is 15.2. The Labute approximate surface area is 183 Å². The molecule has 0 spiro atoms. The van der Waals surface area contributed by atoms with Crippen LogP contribution in [0.5, 0.6) is 11.5 Å². The lowest BCUT2D eigenvalue weighted by Crippen LogP contribution is -2.37. The number of hydrogen-bond donors (Lipinski definition) is 0. The number of aromatic nitrogens is 3. The minimum atomic E-state index is 0.467. The summed E-state index contributed by atoms with van der Waals surface area (Å²) in [6.07, 6.45) is 10.5. The third-order valence-corrected chi connectivity index (χ3v) is 6.16. The van der Waals surface area contributed by atoms with Crippen LogP contribution < -0.4 is 9.47 Å². The molecule has 0 bridgehead atoms. The fourth-order valence-electron chi connectivity index (χ4n) is 4.54. The number of likely N-dealkylation sites (tertiary alicyclic amines) is 1. The minimum absolute atomic E-state index is 0.467. The van der Waals surface area contributed by atoms with Gasteiger partial charge in [0.2, 0.25) is 0 Å². The van der Waals surface area contributed by atoms with Crippen LogP contribution in [0.1, 0.15) is 30.0 Å². The number of aryl methyl sites for hydroxylation is 1. The van der Waals surface area contributed by atoms with Gasteiger partial charge in [0.1, 0.15) is 18.1 Å². The van der Waals surface area contributed by atoms with Crippen LogP contribution in [0.25, 0.3) is 17.2 Å². The van der Waals surface area contributed by atoms with Gasteiger partial charge in [-0.05, 0) is 55.3 Å². The fraction of sp³-hybridized carbons (Fsp3) is 0.360. The predicted molar refractivity (Wildman–Crippen MR) is 121 cm³/mol. The van der Waals surface area contributed by atoms with E-state index in [1.165, 1.54) is 24.1 Å². The molecule has 0 amide bonds. The Kier molecular flexibility index (Phi) is 5.47. The van der Waals surface area contributed by atoms with E-state index in [0.29, 0.717) is 12.5 Å². The summed E-state index contributed by atoms with van der Waals surface area (Å²) in [6, 6.07) is 10.3. The highest BCUT2D eigenvalue weighted by Gasteiger charge is 2.24. The molecule has 1 atom stereocenters. The Bertz CT molecular complexity index is 1090. The van der Waals surface area contributed by atoms with Gasteiger partial charge in [-0.1, -0.05) is 6.07 Å². The Morgan fingerprint density at radius 2 is 2.10 bits per heavy atom. The van der Waals surface area contributed by atoms with E-state index in [1.54, 1.807) is 7.11 Å². The average Bonchev–Trinajstić information content (AvgIpc) is 3.25. The van der Waals surface area contributed by atoms with Crippen molar-refractivity contribution >= 4 is 6.08 Å². The molecule has 3 aromatic rings. The maximum atomic E-state index is 5.98. The molecule has 2 aliphatic heterocycles. The van der Waals surface area contributed by atoms with Gasteiger partial charge >= 0.3 is 0 Å². The van der Waals surface area contributed by atoms with Crippen molar-refractivity contribution in [3.63, 3.8) is 0 Å². The van der Waals surface area contributed by atoms with Crippen LogP contribution in [0, 0.1) is 0 Å². The number of benzene rings is 1. The molecule has 2 aliphatic rings. The molecular weight excluding hydrogens is 388 g/mol. The molecule has 6 nitrogen and oxygen atoms in total. The topological polar surface area (TPSA) is 52.4 Å². The van der Waals surface area contributed by atoms with Gasteiger partial charge < -0.3 is 9.47 Å². The zero-order valence-electron chi connectivity index (χ0n) is 18.1. The second-order valence-electron chi connectivity index (χ2n) is 8.44. The summed E-state index contributed by atoms with van der Waals surface area (Å²) in [6.45, 7) is 3.73. The van der Waals surface area contributed by atoms with E-state index >= 15 is 0 Å². The number of nitrogens with zero attached hydrogens (tertiary/aromatic N) is 4. The SMILES string of the molecule is COc1ccc2c(c1)C=C(CN1CCC[C@H](c3ccc(-c4cnn(C)c4)cn3)C1)CO2. The van der Waals surface area contributed by atoms with Crippen molar-refractivity contribution in [1.82, 2.24) is 19.7 Å². The molecule has 6 heteroatoms. The zero-order valence-corrected chi connectivity index (χ0v) is 18.1. The van der Waals surface area contributed by atoms with Gasteiger partial charge in [0.25, 0.3) is 0 Å². The minimum Gasteiger partial charge on any atom is -0.497 e. The summed E-state index contributed by atoms with van der Waals surface area (Å²) in [7, 11) is 3.63. The predicted octanol–water partition coefficient (Wildman–Crippen LogP) is 4.15. The molecule has 0 aliphatic carbocycles. The molecule has 2 aromatic heterocycles. The van der Waals surface area contributed by atoms with Crippen molar-refractivity contribution in [2.24, 2.45) is 7.05 Å². The highest BCUT2D eigenvalue weighted by Crippen LogP contribution is 2.32. The van der Waals surface area contributed by atoms with Gasteiger partial charge in [0, 0.05) is 60.8 Å². The van der Waals surface area contributed by atoms with Crippen LogP contribution in [0.2, 0.25) is 0 Å². The van der Waals surface area contributed by atoms with Gasteiger partial charge in [-0.2, -0.15) is 5.10 Å². The van der Waals surface area contributed by atoms with E-state index in [9.17, 15) is 0 Å². The molecule has 4 heterocycles. The lowest BCUT2D eigenvalue weighted by molar-refractivity contribution is 0.213. The van der Waals surface area contributed by atoms with Crippen molar-refractivity contribution in [2.75, 3.05) is 33.4 Å². The van der Waals surface area contributed by atoms with Gasteiger partial charge in [-0.3, -0.25) is 14.6 Å². The molecule has 160 valence electrons. The summed E-state index contributed by atoms with van der Waals surface area (Å²) < 4.78 is 13.2. The zero-order chi connectivity index (χ0) is 21.2. The average molecular weight is 417 g/mol. The highest BCUT2D eigenvalue weighted by atomic mass is 16.5. The molecule has 1 fully saturated rings. The molecule has 0 N–H and O–H groups in total. The van der Waals surface area contributed by atoms with E-state index in [-0.39, 0.29) is 0 Å². The van der Waals surface area contributed by atoms with Crippen molar-refractivity contribution in [3.05, 3.63) is 65.8 Å². The first-order valence-electron chi connectivity index (χ1n) is 10.9. The number of rotatable bonds is 5. The van der Waals surface area contributed by atoms with Gasteiger partial charge in [-0.25, -0.2) is 0 Å². The smallest absolute Gasteiger partial charge is 0.127 e. The summed E-state index contributed by atoms with van der Waals surface area (Å²) >= 11 is 0. The molecule has 0 saturated carbocycles. The largest absolute Gasteiger partial charge is 0.497 e. The third kappa shape index (κ3) is 4.35. The number of ether oxygens (including phenoxy) is 2. The van der Waals surface area contributed by atoms with Crippen LogP contribution >= 0.6 is 0 Å². The standard InChI is InChI=1S/C25H28N4O2/c1-28-15-22(13-27-28)19-5-7-24(26-12-19)20-4-3-9-29(16-20)14-18-10-21-11-23(30-2)6-8-25(21)31-17-18/h5-8,10-13,15,20H,3-4,9,14,16-17H2,1-2H3/t20-/m0/s1. The number of hydrogen-bond acceptors (Lipinski definition) is 5. The first-order valence-corrected chi connectivity index (χ1v) is 10.9. The number of fused-ring (bicyclic) bond motifs is 1. The van der Waals surface area contributed by atoms with Gasteiger partial charge in [0.15, 0.2) is 0 Å². The summed E-state index contributed by atoms with van der Waals surface area (Å²) in [4.78, 5) is 7.33.